The lowest BCUT2D eigenvalue weighted by molar-refractivity contribution is -0.138. The molecule has 1 fully saturated rings. The molecule has 1 saturated heterocycles. The van der Waals surface area contributed by atoms with Crippen LogP contribution in [0.25, 0.3) is 0 Å². The van der Waals surface area contributed by atoms with Crippen molar-refractivity contribution < 1.29 is 22.8 Å². The van der Waals surface area contributed by atoms with Gasteiger partial charge in [0.2, 0.25) is 11.8 Å². The zero-order valence-electron chi connectivity index (χ0n) is 19.2. The molecular formula is C24H25F3N6O2. The second kappa shape index (κ2) is 10.2. The summed E-state index contributed by atoms with van der Waals surface area (Å²) in [6.07, 6.45) is 1.96. The van der Waals surface area contributed by atoms with E-state index in [-0.39, 0.29) is 30.9 Å². The summed E-state index contributed by atoms with van der Waals surface area (Å²) < 4.78 is 43.8. The number of aromatic amines is 1. The van der Waals surface area contributed by atoms with Crippen LogP contribution >= 0.6 is 0 Å². The molecule has 35 heavy (non-hydrogen) atoms. The van der Waals surface area contributed by atoms with Crippen molar-refractivity contribution in [2.75, 3.05) is 6.54 Å². The third-order valence-corrected chi connectivity index (χ3v) is 6.05. The highest BCUT2D eigenvalue weighted by atomic mass is 19.1. The van der Waals surface area contributed by atoms with Crippen LogP contribution < -0.4 is 5.32 Å². The fourth-order valence-corrected chi connectivity index (χ4v) is 4.27. The largest absolute Gasteiger partial charge is 0.343 e. The minimum absolute atomic E-state index is 0.0697. The molecule has 1 aliphatic rings. The molecule has 0 aliphatic carbocycles. The Hall–Kier alpha value is -3.76. The number of hydrogen-bond donors (Lipinski definition) is 2. The van der Waals surface area contributed by atoms with Crippen LogP contribution in [0.15, 0.2) is 42.9 Å². The fraction of sp³-hybridized carbons (Fsp3) is 0.375. The van der Waals surface area contributed by atoms with Gasteiger partial charge in [0.25, 0.3) is 0 Å². The Balaban J connectivity index is 1.62. The molecule has 0 saturated carbocycles. The molecule has 3 atom stereocenters. The first-order chi connectivity index (χ1) is 16.7. The molecule has 184 valence electrons. The minimum atomic E-state index is -1.40. The first-order valence-corrected chi connectivity index (χ1v) is 11.2. The molecule has 0 spiro atoms. The Morgan fingerprint density at radius 2 is 1.97 bits per heavy atom. The van der Waals surface area contributed by atoms with Crippen molar-refractivity contribution >= 4 is 11.8 Å². The number of nitrogens with zero attached hydrogens (tertiary/aromatic N) is 4. The van der Waals surface area contributed by atoms with E-state index in [1.807, 2.05) is 13.8 Å². The molecular weight excluding hydrogens is 461 g/mol. The summed E-state index contributed by atoms with van der Waals surface area (Å²) in [5.74, 6) is -2.41. The van der Waals surface area contributed by atoms with Gasteiger partial charge in [-0.25, -0.2) is 13.2 Å². The highest BCUT2D eigenvalue weighted by Gasteiger charge is 2.40. The Labute approximate surface area is 199 Å². The third kappa shape index (κ3) is 5.33. The van der Waals surface area contributed by atoms with Crippen molar-refractivity contribution in [2.24, 2.45) is 0 Å². The zero-order chi connectivity index (χ0) is 25.1. The Morgan fingerprint density at radius 1 is 1.17 bits per heavy atom. The van der Waals surface area contributed by atoms with Gasteiger partial charge >= 0.3 is 0 Å². The summed E-state index contributed by atoms with van der Waals surface area (Å²) in [5.41, 5.74) is 1.21. The second-order valence-electron chi connectivity index (χ2n) is 8.81. The molecule has 1 unspecified atom stereocenters. The van der Waals surface area contributed by atoms with Crippen LogP contribution in [0.2, 0.25) is 0 Å². The number of H-pyrrole nitrogens is 1. The smallest absolute Gasteiger partial charge is 0.243 e. The van der Waals surface area contributed by atoms with E-state index >= 15 is 0 Å². The highest BCUT2D eigenvalue weighted by molar-refractivity contribution is 5.89. The molecule has 11 heteroatoms. The van der Waals surface area contributed by atoms with Gasteiger partial charge < -0.3 is 10.2 Å². The van der Waals surface area contributed by atoms with Gasteiger partial charge in [0.15, 0.2) is 0 Å². The molecule has 8 nitrogen and oxygen atoms in total. The number of pyridine rings is 1. The van der Waals surface area contributed by atoms with Crippen molar-refractivity contribution in [1.82, 2.24) is 30.6 Å². The van der Waals surface area contributed by atoms with Gasteiger partial charge in [-0.05, 0) is 29.2 Å². The maximum atomic E-state index is 14.8. The van der Waals surface area contributed by atoms with Crippen LogP contribution in [0.4, 0.5) is 13.2 Å². The quantitative estimate of drug-likeness (QED) is 0.535. The van der Waals surface area contributed by atoms with Crippen LogP contribution in [0.5, 0.6) is 0 Å². The van der Waals surface area contributed by atoms with E-state index in [1.165, 1.54) is 24.5 Å². The average molecular weight is 486 g/mol. The van der Waals surface area contributed by atoms with Crippen molar-refractivity contribution in [2.45, 2.75) is 50.9 Å². The first-order valence-electron chi connectivity index (χ1n) is 11.2. The van der Waals surface area contributed by atoms with E-state index in [9.17, 15) is 22.8 Å². The summed E-state index contributed by atoms with van der Waals surface area (Å²) in [4.78, 5) is 31.0. The molecule has 1 aromatic carbocycles. The number of amides is 2. The van der Waals surface area contributed by atoms with Crippen LogP contribution in [0.1, 0.15) is 54.6 Å². The van der Waals surface area contributed by atoms with Crippen LogP contribution in [-0.4, -0.2) is 55.9 Å². The number of benzene rings is 1. The normalized spacial score (nSPS) is 18.6. The minimum Gasteiger partial charge on any atom is -0.343 e. The first kappa shape index (κ1) is 24.4. The van der Waals surface area contributed by atoms with Crippen molar-refractivity contribution in [1.29, 1.82) is 0 Å². The summed E-state index contributed by atoms with van der Waals surface area (Å²) >= 11 is 0. The molecule has 0 bridgehead atoms. The van der Waals surface area contributed by atoms with E-state index in [2.05, 4.69) is 25.7 Å². The average Bonchev–Trinajstić information content (AvgIpc) is 3.47. The Bertz CT molecular complexity index is 1200. The summed E-state index contributed by atoms with van der Waals surface area (Å²) in [7, 11) is 0. The number of aromatic nitrogens is 4. The summed E-state index contributed by atoms with van der Waals surface area (Å²) in [5, 5.41) is 12.6. The predicted molar refractivity (Wildman–Crippen MR) is 120 cm³/mol. The summed E-state index contributed by atoms with van der Waals surface area (Å²) in [6, 6.07) is 3.65. The van der Waals surface area contributed by atoms with E-state index in [4.69, 9.17) is 0 Å². The van der Waals surface area contributed by atoms with E-state index in [1.54, 1.807) is 12.1 Å². The molecule has 2 amide bonds. The maximum Gasteiger partial charge on any atom is 0.243 e. The summed E-state index contributed by atoms with van der Waals surface area (Å²) in [6.45, 7) is 3.44. The van der Waals surface area contributed by atoms with E-state index in [0.29, 0.717) is 16.8 Å². The van der Waals surface area contributed by atoms with Gasteiger partial charge in [-0.2, -0.15) is 15.4 Å². The predicted octanol–water partition coefficient (Wildman–Crippen LogP) is 2.99. The number of alkyl halides is 1. The lowest BCUT2D eigenvalue weighted by Gasteiger charge is -2.27. The van der Waals surface area contributed by atoms with Crippen LogP contribution in [0.3, 0.4) is 0 Å². The molecule has 2 N–H and O–H groups in total. The Morgan fingerprint density at radius 3 is 2.63 bits per heavy atom. The topological polar surface area (TPSA) is 104 Å². The molecule has 0 radical (unpaired) electrons. The SMILES string of the molecule is CC(C)c1ccc(C(NC(=O)[C@@H]2C[C@@H](F)CN2C(=O)Cc2cn[nH]n2)c2ccncc2F)cc1F. The molecule has 2 aromatic heterocycles. The Kier molecular flexibility index (Phi) is 7.13. The number of nitrogens with one attached hydrogen (secondary N) is 2. The lowest BCUT2D eigenvalue weighted by Crippen LogP contribution is -2.47. The molecule has 3 aromatic rings. The van der Waals surface area contributed by atoms with Crippen molar-refractivity contribution in [3.63, 3.8) is 0 Å². The number of carbonyl (C=O) groups is 2. The van der Waals surface area contributed by atoms with Gasteiger partial charge in [-0.1, -0.05) is 26.0 Å². The van der Waals surface area contributed by atoms with Crippen molar-refractivity contribution in [3.05, 3.63) is 76.9 Å². The second-order valence-corrected chi connectivity index (χ2v) is 8.81. The number of likely N-dealkylation sites (tertiary alicyclic amines) is 1. The zero-order valence-corrected chi connectivity index (χ0v) is 19.2. The van der Waals surface area contributed by atoms with E-state index < -0.39 is 41.7 Å². The van der Waals surface area contributed by atoms with Gasteiger partial charge in [0.05, 0.1) is 37.1 Å². The van der Waals surface area contributed by atoms with Crippen molar-refractivity contribution in [3.8, 4) is 0 Å². The number of carbonyl (C=O) groups excluding carboxylic acids is 2. The fourth-order valence-electron chi connectivity index (χ4n) is 4.27. The third-order valence-electron chi connectivity index (χ3n) is 6.05. The highest BCUT2D eigenvalue weighted by Crippen LogP contribution is 2.29. The monoisotopic (exact) mass is 486 g/mol. The molecule has 3 heterocycles. The standard InChI is InChI=1S/C24H25F3N6O2/c1-13(2)17-4-3-14(7-19(17)26)23(18-5-6-28-11-20(18)27)30-24(35)21-8-15(25)12-33(21)22(34)9-16-10-29-32-31-16/h3-7,10-11,13,15,21,23H,8-9,12H2,1-2H3,(H,30,35)(H,29,31,32)/t15-,21+,23?/m1/s1. The number of hydrogen-bond acceptors (Lipinski definition) is 5. The van der Waals surface area contributed by atoms with Gasteiger partial charge in [0.1, 0.15) is 23.8 Å². The van der Waals surface area contributed by atoms with Crippen LogP contribution in [0, 0.1) is 11.6 Å². The number of rotatable bonds is 7. The van der Waals surface area contributed by atoms with Gasteiger partial charge in [-0.3, -0.25) is 14.6 Å². The number of halogens is 3. The maximum absolute atomic E-state index is 14.8. The lowest BCUT2D eigenvalue weighted by atomic mass is 9.94. The molecule has 4 rings (SSSR count). The molecule has 1 aliphatic heterocycles. The van der Waals surface area contributed by atoms with Gasteiger partial charge in [-0.15, -0.1) is 0 Å². The van der Waals surface area contributed by atoms with Gasteiger partial charge in [0, 0.05) is 18.2 Å². The van der Waals surface area contributed by atoms with Crippen LogP contribution in [-0.2, 0) is 16.0 Å². The van der Waals surface area contributed by atoms with E-state index in [0.717, 1.165) is 11.1 Å².